The van der Waals surface area contributed by atoms with Crippen LogP contribution in [0.1, 0.15) is 34.1 Å². The summed E-state index contributed by atoms with van der Waals surface area (Å²) in [6.07, 6.45) is -1.32. The van der Waals surface area contributed by atoms with Crippen LogP contribution in [0.25, 0.3) is 0 Å². The maximum absolute atomic E-state index is 12.5. The third-order valence-corrected chi connectivity index (χ3v) is 5.08. The molecule has 0 bridgehead atoms. The number of hydrogen-bond acceptors (Lipinski definition) is 8. The molecule has 2 aromatic rings. The Balaban J connectivity index is 1.60. The maximum atomic E-state index is 12.5. The van der Waals surface area contributed by atoms with E-state index in [9.17, 15) is 29.3 Å². The van der Waals surface area contributed by atoms with E-state index in [0.717, 1.165) is 5.01 Å². The zero-order chi connectivity index (χ0) is 24.1. The molecule has 1 N–H and O–H groups in total. The van der Waals surface area contributed by atoms with Gasteiger partial charge in [0.25, 0.3) is 11.6 Å². The molecule has 1 heterocycles. The number of methoxy groups -OCH3 is 1. The number of carbonyl (C=O) groups is 4. The van der Waals surface area contributed by atoms with Crippen LogP contribution in [-0.4, -0.2) is 53.3 Å². The minimum absolute atomic E-state index is 0.187. The van der Waals surface area contributed by atoms with E-state index in [1.54, 1.807) is 24.3 Å². The zero-order valence-electron chi connectivity index (χ0n) is 17.8. The van der Waals surface area contributed by atoms with E-state index >= 15 is 0 Å². The standard InChI is InChI=1S/C22H21N3O8/c1-13(20(27)14-7-9-16(32-2)10-8-14)33-22(29)15-11-19(26)24(12-15)23-21(28)17-5-3-4-6-18(17)25(30)31/h3-10,13,15H,11-12H2,1-2H3,(H,23,28)/t13-,15-/m0/s1. The average Bonchev–Trinajstić information content (AvgIpc) is 3.18. The molecule has 0 aliphatic carbocycles. The highest BCUT2D eigenvalue weighted by atomic mass is 16.6. The summed E-state index contributed by atoms with van der Waals surface area (Å²) < 4.78 is 10.3. The molecular formula is C22H21N3O8. The molecular weight excluding hydrogens is 434 g/mol. The van der Waals surface area contributed by atoms with Crippen LogP contribution in [0.15, 0.2) is 48.5 Å². The maximum Gasteiger partial charge on any atom is 0.312 e. The first-order valence-corrected chi connectivity index (χ1v) is 9.94. The minimum atomic E-state index is -1.09. The fourth-order valence-electron chi connectivity index (χ4n) is 3.30. The number of ketones is 1. The molecule has 1 saturated heterocycles. The number of nitro benzene ring substituents is 1. The van der Waals surface area contributed by atoms with Gasteiger partial charge in [-0.05, 0) is 37.3 Å². The number of hydrogen-bond donors (Lipinski definition) is 1. The second kappa shape index (κ2) is 9.90. The molecule has 11 heteroatoms. The predicted octanol–water partition coefficient (Wildman–Crippen LogP) is 1.91. The number of rotatable bonds is 8. The molecule has 0 unspecified atom stereocenters. The summed E-state index contributed by atoms with van der Waals surface area (Å²) in [5.74, 6) is -2.93. The van der Waals surface area contributed by atoms with Gasteiger partial charge in [0.15, 0.2) is 6.10 Å². The number of ether oxygens (including phenoxy) is 2. The number of nitro groups is 1. The SMILES string of the molecule is COc1ccc(C(=O)[C@H](C)OC(=O)[C@H]2CC(=O)N(NC(=O)c3ccccc3[N+](=O)[O-])C2)cc1. The van der Waals surface area contributed by atoms with E-state index in [4.69, 9.17) is 9.47 Å². The Labute approximate surface area is 188 Å². The lowest BCUT2D eigenvalue weighted by Gasteiger charge is -2.18. The number of nitrogens with one attached hydrogen (secondary N) is 1. The number of amides is 2. The van der Waals surface area contributed by atoms with Gasteiger partial charge in [-0.25, -0.2) is 0 Å². The molecule has 1 aliphatic heterocycles. The van der Waals surface area contributed by atoms with E-state index in [1.165, 1.54) is 38.3 Å². The molecule has 2 aromatic carbocycles. The van der Waals surface area contributed by atoms with Gasteiger partial charge in [-0.15, -0.1) is 0 Å². The van der Waals surface area contributed by atoms with Gasteiger partial charge in [0.2, 0.25) is 11.7 Å². The van der Waals surface area contributed by atoms with E-state index in [2.05, 4.69) is 5.43 Å². The van der Waals surface area contributed by atoms with Gasteiger partial charge in [-0.3, -0.25) is 39.7 Å². The van der Waals surface area contributed by atoms with Crippen molar-refractivity contribution in [2.75, 3.05) is 13.7 Å². The lowest BCUT2D eigenvalue weighted by Crippen LogP contribution is -2.43. The molecule has 0 aromatic heterocycles. The molecule has 2 amide bonds. The minimum Gasteiger partial charge on any atom is -0.497 e. The number of benzene rings is 2. The fourth-order valence-corrected chi connectivity index (χ4v) is 3.30. The smallest absolute Gasteiger partial charge is 0.312 e. The predicted molar refractivity (Wildman–Crippen MR) is 113 cm³/mol. The highest BCUT2D eigenvalue weighted by Crippen LogP contribution is 2.22. The molecule has 3 rings (SSSR count). The van der Waals surface area contributed by atoms with Crippen LogP contribution in [0.5, 0.6) is 5.75 Å². The Bertz CT molecular complexity index is 1100. The average molecular weight is 455 g/mol. The van der Waals surface area contributed by atoms with Crippen molar-refractivity contribution in [1.29, 1.82) is 0 Å². The van der Waals surface area contributed by atoms with Crippen LogP contribution >= 0.6 is 0 Å². The highest BCUT2D eigenvalue weighted by Gasteiger charge is 2.38. The summed E-state index contributed by atoms with van der Waals surface area (Å²) in [5, 5.41) is 12.0. The molecule has 11 nitrogen and oxygen atoms in total. The van der Waals surface area contributed by atoms with Crippen molar-refractivity contribution in [3.63, 3.8) is 0 Å². The van der Waals surface area contributed by atoms with Crippen molar-refractivity contribution < 1.29 is 33.6 Å². The monoisotopic (exact) mass is 455 g/mol. The van der Waals surface area contributed by atoms with Gasteiger partial charge in [0.1, 0.15) is 11.3 Å². The van der Waals surface area contributed by atoms with Crippen molar-refractivity contribution in [1.82, 2.24) is 10.4 Å². The van der Waals surface area contributed by atoms with Crippen LogP contribution in [0.2, 0.25) is 0 Å². The van der Waals surface area contributed by atoms with Crippen molar-refractivity contribution >= 4 is 29.3 Å². The highest BCUT2D eigenvalue weighted by molar-refractivity contribution is 6.01. The van der Waals surface area contributed by atoms with Gasteiger partial charge >= 0.3 is 5.97 Å². The molecule has 0 radical (unpaired) electrons. The van der Waals surface area contributed by atoms with Crippen LogP contribution in [0.4, 0.5) is 5.69 Å². The van der Waals surface area contributed by atoms with E-state index < -0.39 is 46.2 Å². The van der Waals surface area contributed by atoms with Gasteiger partial charge in [0, 0.05) is 18.1 Å². The van der Waals surface area contributed by atoms with Crippen molar-refractivity contribution in [2.45, 2.75) is 19.4 Å². The van der Waals surface area contributed by atoms with Gasteiger partial charge in [0.05, 0.1) is 24.5 Å². The third kappa shape index (κ3) is 5.32. The number of carbonyl (C=O) groups excluding carboxylic acids is 4. The van der Waals surface area contributed by atoms with Crippen LogP contribution in [0.3, 0.4) is 0 Å². The molecule has 33 heavy (non-hydrogen) atoms. The number of hydrazine groups is 1. The first kappa shape index (κ1) is 23.4. The molecule has 1 fully saturated rings. The summed E-state index contributed by atoms with van der Waals surface area (Å²) in [6, 6.07) is 11.6. The van der Waals surface area contributed by atoms with Crippen molar-refractivity contribution in [2.24, 2.45) is 5.92 Å². The summed E-state index contributed by atoms with van der Waals surface area (Å²) in [7, 11) is 1.50. The molecule has 0 saturated carbocycles. The van der Waals surface area contributed by atoms with Crippen LogP contribution < -0.4 is 10.2 Å². The summed E-state index contributed by atoms with van der Waals surface area (Å²) in [5.41, 5.74) is 1.99. The Hall–Kier alpha value is -4.28. The first-order valence-electron chi connectivity index (χ1n) is 9.94. The van der Waals surface area contributed by atoms with Crippen molar-refractivity contribution in [3.8, 4) is 5.75 Å². The normalized spacial score (nSPS) is 16.1. The number of esters is 1. The molecule has 2 atom stereocenters. The summed E-state index contributed by atoms with van der Waals surface area (Å²) in [4.78, 5) is 60.1. The number of nitrogens with zero attached hydrogens (tertiary/aromatic N) is 2. The first-order chi connectivity index (χ1) is 15.7. The van der Waals surface area contributed by atoms with E-state index in [0.29, 0.717) is 11.3 Å². The van der Waals surface area contributed by atoms with Gasteiger partial charge in [-0.2, -0.15) is 0 Å². The molecule has 172 valence electrons. The summed E-state index contributed by atoms with van der Waals surface area (Å²) in [6.45, 7) is 1.24. The molecule has 0 spiro atoms. The Morgan fingerprint density at radius 2 is 1.82 bits per heavy atom. The van der Waals surface area contributed by atoms with E-state index in [1.807, 2.05) is 0 Å². The zero-order valence-corrected chi connectivity index (χ0v) is 17.8. The Morgan fingerprint density at radius 3 is 2.45 bits per heavy atom. The lowest BCUT2D eigenvalue weighted by molar-refractivity contribution is -0.385. The fraction of sp³-hybridized carbons (Fsp3) is 0.273. The second-order valence-corrected chi connectivity index (χ2v) is 7.29. The lowest BCUT2D eigenvalue weighted by atomic mass is 10.1. The van der Waals surface area contributed by atoms with Gasteiger partial charge < -0.3 is 9.47 Å². The van der Waals surface area contributed by atoms with E-state index in [-0.39, 0.29) is 18.5 Å². The quantitative estimate of drug-likeness (QED) is 0.275. The largest absolute Gasteiger partial charge is 0.497 e. The topological polar surface area (TPSA) is 145 Å². The van der Waals surface area contributed by atoms with Crippen LogP contribution in [0, 0.1) is 16.0 Å². The van der Waals surface area contributed by atoms with Crippen molar-refractivity contribution in [3.05, 3.63) is 69.8 Å². The van der Waals surface area contributed by atoms with Gasteiger partial charge in [-0.1, -0.05) is 12.1 Å². The number of para-hydroxylation sites is 1. The third-order valence-electron chi connectivity index (χ3n) is 5.08. The summed E-state index contributed by atoms with van der Waals surface area (Å²) >= 11 is 0. The Kier molecular flexibility index (Phi) is 7.01. The Morgan fingerprint density at radius 1 is 1.15 bits per heavy atom. The number of Topliss-reactive ketones (excluding diaryl/α,β-unsaturated/α-hetero) is 1. The van der Waals surface area contributed by atoms with Crippen LogP contribution in [-0.2, 0) is 14.3 Å². The molecule has 1 aliphatic rings. The second-order valence-electron chi connectivity index (χ2n) is 7.29.